The Hall–Kier alpha value is -1.34. The molecular weight excluding hydrogens is 218 g/mol. The van der Waals surface area contributed by atoms with Crippen LogP contribution in [0.3, 0.4) is 0 Å². The van der Waals surface area contributed by atoms with Crippen LogP contribution < -0.4 is 11.1 Å². The molecule has 0 aliphatic rings. The molecule has 0 fully saturated rings. The van der Waals surface area contributed by atoms with E-state index in [1.807, 2.05) is 23.9 Å². The summed E-state index contributed by atoms with van der Waals surface area (Å²) in [6.45, 7) is 0.902. The van der Waals surface area contributed by atoms with Crippen molar-refractivity contribution in [2.45, 2.75) is 12.8 Å². The van der Waals surface area contributed by atoms with E-state index in [1.165, 1.54) is 12.2 Å². The molecule has 0 saturated carbocycles. The van der Waals surface area contributed by atoms with Crippen molar-refractivity contribution in [3.05, 3.63) is 23.8 Å². The van der Waals surface area contributed by atoms with Crippen molar-refractivity contribution in [3.8, 4) is 6.07 Å². The normalized spacial score (nSPS) is 9.75. The Labute approximate surface area is 101 Å². The molecule has 1 aromatic rings. The Kier molecular flexibility index (Phi) is 5.58. The predicted octanol–water partition coefficient (Wildman–Crippen LogP) is 2.70. The molecule has 1 rings (SSSR count). The number of hydrogen-bond donors (Lipinski definition) is 2. The third-order valence-corrected chi connectivity index (χ3v) is 2.95. The topological polar surface area (TPSA) is 61.8 Å². The van der Waals surface area contributed by atoms with E-state index in [2.05, 4.69) is 17.6 Å². The lowest BCUT2D eigenvalue weighted by atomic mass is 10.1. The van der Waals surface area contributed by atoms with Gasteiger partial charge in [0.25, 0.3) is 0 Å². The number of nitrogens with one attached hydrogen (secondary N) is 1. The smallest absolute Gasteiger partial charge is 0.101 e. The van der Waals surface area contributed by atoms with Gasteiger partial charge in [-0.05, 0) is 43.0 Å². The van der Waals surface area contributed by atoms with Gasteiger partial charge in [-0.25, -0.2) is 0 Å². The maximum absolute atomic E-state index is 8.93. The number of nitrogens with zero attached hydrogens (tertiary/aromatic N) is 1. The summed E-state index contributed by atoms with van der Waals surface area (Å²) in [5.41, 5.74) is 7.74. The second-order valence-electron chi connectivity index (χ2n) is 3.54. The lowest BCUT2D eigenvalue weighted by molar-refractivity contribution is 0.843. The van der Waals surface area contributed by atoms with Crippen molar-refractivity contribution in [2.24, 2.45) is 0 Å². The van der Waals surface area contributed by atoms with Crippen LogP contribution in [0.25, 0.3) is 0 Å². The molecule has 0 aliphatic carbocycles. The molecule has 0 bridgehead atoms. The summed E-state index contributed by atoms with van der Waals surface area (Å²) in [6.07, 6.45) is 4.43. The minimum absolute atomic E-state index is 0.616. The Morgan fingerprint density at radius 3 is 2.94 bits per heavy atom. The van der Waals surface area contributed by atoms with Crippen molar-refractivity contribution >= 4 is 23.1 Å². The summed E-state index contributed by atoms with van der Waals surface area (Å²) < 4.78 is 0. The largest absolute Gasteiger partial charge is 0.399 e. The van der Waals surface area contributed by atoms with Crippen molar-refractivity contribution < 1.29 is 0 Å². The van der Waals surface area contributed by atoms with Gasteiger partial charge in [0, 0.05) is 12.2 Å². The van der Waals surface area contributed by atoms with Crippen LogP contribution in [-0.4, -0.2) is 18.6 Å². The molecule has 86 valence electrons. The van der Waals surface area contributed by atoms with Gasteiger partial charge in [-0.2, -0.15) is 17.0 Å². The molecule has 0 atom stereocenters. The highest BCUT2D eigenvalue weighted by molar-refractivity contribution is 7.98. The fraction of sp³-hybridized carbons (Fsp3) is 0.417. The molecule has 16 heavy (non-hydrogen) atoms. The highest BCUT2D eigenvalue weighted by Crippen LogP contribution is 2.17. The van der Waals surface area contributed by atoms with Gasteiger partial charge in [-0.15, -0.1) is 0 Å². The van der Waals surface area contributed by atoms with Gasteiger partial charge in [0.05, 0.1) is 11.3 Å². The Balaban J connectivity index is 2.45. The number of thioether (sulfide) groups is 1. The molecule has 0 spiro atoms. The Bertz CT molecular complexity index is 371. The number of rotatable bonds is 6. The van der Waals surface area contributed by atoms with Crippen molar-refractivity contribution in [2.75, 3.05) is 29.6 Å². The third-order valence-electron chi connectivity index (χ3n) is 2.25. The number of anilines is 2. The lowest BCUT2D eigenvalue weighted by Gasteiger charge is -2.08. The molecule has 0 unspecified atom stereocenters. The number of hydrogen-bond acceptors (Lipinski definition) is 4. The van der Waals surface area contributed by atoms with Crippen molar-refractivity contribution in [1.29, 1.82) is 5.26 Å². The van der Waals surface area contributed by atoms with E-state index in [0.29, 0.717) is 11.3 Å². The number of nitrogen functional groups attached to an aromatic ring is 1. The summed E-state index contributed by atoms with van der Waals surface area (Å²) in [7, 11) is 0. The highest BCUT2D eigenvalue weighted by atomic mass is 32.2. The minimum atomic E-state index is 0.616. The van der Waals surface area contributed by atoms with Gasteiger partial charge < -0.3 is 11.1 Å². The fourth-order valence-electron chi connectivity index (χ4n) is 1.40. The first kappa shape index (κ1) is 12.7. The molecule has 0 radical (unpaired) electrons. The molecule has 4 heteroatoms. The first-order chi connectivity index (χ1) is 7.77. The predicted molar refractivity (Wildman–Crippen MR) is 71.7 cm³/mol. The molecule has 3 nitrogen and oxygen atoms in total. The van der Waals surface area contributed by atoms with Crippen LogP contribution in [0.5, 0.6) is 0 Å². The van der Waals surface area contributed by atoms with Crippen LogP contribution in [-0.2, 0) is 0 Å². The third kappa shape index (κ3) is 4.03. The monoisotopic (exact) mass is 235 g/mol. The van der Waals surface area contributed by atoms with Gasteiger partial charge in [-0.1, -0.05) is 0 Å². The molecule has 0 aliphatic heterocycles. The van der Waals surface area contributed by atoms with Crippen LogP contribution in [0.15, 0.2) is 18.2 Å². The number of nitrogens with two attached hydrogens (primary N) is 1. The lowest BCUT2D eigenvalue weighted by Crippen LogP contribution is -2.04. The van der Waals surface area contributed by atoms with E-state index >= 15 is 0 Å². The van der Waals surface area contributed by atoms with Crippen molar-refractivity contribution in [1.82, 2.24) is 0 Å². The van der Waals surface area contributed by atoms with E-state index in [-0.39, 0.29) is 0 Å². The highest BCUT2D eigenvalue weighted by Gasteiger charge is 2.01. The molecule has 0 aromatic heterocycles. The standard InChI is InChI=1S/C12H17N3S/c1-16-7-3-2-6-15-12-5-4-11(14)8-10(12)9-13/h4-5,8,15H,2-3,6-7,14H2,1H3. The number of unbranched alkanes of at least 4 members (excludes halogenated alkanes) is 1. The summed E-state index contributed by atoms with van der Waals surface area (Å²) in [4.78, 5) is 0. The SMILES string of the molecule is CSCCCCNc1ccc(N)cc1C#N. The van der Waals surface area contributed by atoms with Crippen LogP contribution in [0.4, 0.5) is 11.4 Å². The second kappa shape index (κ2) is 7.02. The quantitative estimate of drug-likeness (QED) is 0.588. The Morgan fingerprint density at radius 2 is 2.25 bits per heavy atom. The van der Waals surface area contributed by atoms with Gasteiger partial charge in [0.1, 0.15) is 6.07 Å². The first-order valence-corrected chi connectivity index (χ1v) is 6.69. The van der Waals surface area contributed by atoms with Crippen molar-refractivity contribution in [3.63, 3.8) is 0 Å². The summed E-state index contributed by atoms with van der Waals surface area (Å²) in [5, 5.41) is 12.2. The summed E-state index contributed by atoms with van der Waals surface area (Å²) >= 11 is 1.86. The zero-order chi connectivity index (χ0) is 11.8. The molecule has 0 amide bonds. The maximum atomic E-state index is 8.93. The summed E-state index contributed by atoms with van der Waals surface area (Å²) in [5.74, 6) is 1.19. The molecule has 0 saturated heterocycles. The average Bonchev–Trinajstić information content (AvgIpc) is 2.30. The van der Waals surface area contributed by atoms with E-state index in [4.69, 9.17) is 11.0 Å². The molecular formula is C12H17N3S. The van der Waals surface area contributed by atoms with E-state index in [0.717, 1.165) is 18.7 Å². The van der Waals surface area contributed by atoms with Crippen LogP contribution in [0, 0.1) is 11.3 Å². The summed E-state index contributed by atoms with van der Waals surface area (Å²) in [6, 6.07) is 7.51. The van der Waals surface area contributed by atoms with Crippen LogP contribution in [0.1, 0.15) is 18.4 Å². The number of benzene rings is 1. The maximum Gasteiger partial charge on any atom is 0.101 e. The van der Waals surface area contributed by atoms with Gasteiger partial charge in [-0.3, -0.25) is 0 Å². The second-order valence-corrected chi connectivity index (χ2v) is 4.53. The van der Waals surface area contributed by atoms with E-state index in [1.54, 1.807) is 6.07 Å². The van der Waals surface area contributed by atoms with Crippen LogP contribution in [0.2, 0.25) is 0 Å². The van der Waals surface area contributed by atoms with E-state index in [9.17, 15) is 0 Å². The average molecular weight is 235 g/mol. The van der Waals surface area contributed by atoms with Crippen LogP contribution >= 0.6 is 11.8 Å². The molecule has 0 heterocycles. The molecule has 1 aromatic carbocycles. The molecule has 3 N–H and O–H groups in total. The van der Waals surface area contributed by atoms with E-state index < -0.39 is 0 Å². The zero-order valence-electron chi connectivity index (χ0n) is 9.49. The number of nitriles is 1. The van der Waals surface area contributed by atoms with Gasteiger partial charge in [0.15, 0.2) is 0 Å². The fourth-order valence-corrected chi connectivity index (χ4v) is 1.90. The Morgan fingerprint density at radius 1 is 1.44 bits per heavy atom. The minimum Gasteiger partial charge on any atom is -0.399 e. The van der Waals surface area contributed by atoms with Gasteiger partial charge in [0.2, 0.25) is 0 Å². The van der Waals surface area contributed by atoms with Gasteiger partial charge >= 0.3 is 0 Å². The first-order valence-electron chi connectivity index (χ1n) is 5.30. The zero-order valence-corrected chi connectivity index (χ0v) is 10.3.